The molecule has 2 rings (SSSR count). The Hall–Kier alpha value is -0.430. The third kappa shape index (κ3) is 2.88. The number of phenolic OH excluding ortho intramolecular Hbond substituents is 1. The summed E-state index contributed by atoms with van der Waals surface area (Å²) in [6.07, 6.45) is 0. The topological polar surface area (TPSA) is 40.5 Å². The van der Waals surface area contributed by atoms with Crippen molar-refractivity contribution in [2.24, 2.45) is 0 Å². The average Bonchev–Trinajstić information content (AvgIpc) is 2.32. The highest BCUT2D eigenvalue weighted by Crippen LogP contribution is 2.24. The van der Waals surface area contributed by atoms with Crippen LogP contribution in [0.4, 0.5) is 0 Å². The van der Waals surface area contributed by atoms with Crippen LogP contribution in [0.5, 0.6) is 5.75 Å². The smallest absolute Gasteiger partial charge is 0.257 e. The van der Waals surface area contributed by atoms with Crippen LogP contribution < -0.4 is 0 Å². The van der Waals surface area contributed by atoms with Crippen LogP contribution in [-0.2, 0) is 0 Å². The lowest BCUT2D eigenvalue weighted by Gasteiger charge is -2.33. The van der Waals surface area contributed by atoms with Crippen molar-refractivity contribution in [2.45, 2.75) is 13.0 Å². The van der Waals surface area contributed by atoms with Crippen molar-refractivity contribution >= 4 is 40.3 Å². The Bertz CT molecular complexity index is 439. The van der Waals surface area contributed by atoms with Crippen LogP contribution in [0.15, 0.2) is 18.2 Å². The van der Waals surface area contributed by atoms with E-state index in [2.05, 4.69) is 29.5 Å². The zero-order valence-electron chi connectivity index (χ0n) is 9.52. The zero-order valence-corrected chi connectivity index (χ0v) is 12.5. The van der Waals surface area contributed by atoms with Gasteiger partial charge in [-0.25, -0.2) is 0 Å². The van der Waals surface area contributed by atoms with Crippen molar-refractivity contribution in [1.29, 1.82) is 0 Å². The molecule has 1 unspecified atom stereocenters. The normalized spacial score (nSPS) is 20.4. The second-order valence-corrected chi connectivity index (χ2v) is 6.48. The fraction of sp³-hybridized carbons (Fsp3) is 0.417. The van der Waals surface area contributed by atoms with Crippen molar-refractivity contribution in [3.8, 4) is 5.75 Å². The van der Waals surface area contributed by atoms with Crippen molar-refractivity contribution in [3.63, 3.8) is 0 Å². The van der Waals surface area contributed by atoms with Crippen LogP contribution in [0.1, 0.15) is 17.3 Å². The first-order chi connectivity index (χ1) is 8.09. The number of carbonyl (C=O) groups is 1. The summed E-state index contributed by atoms with van der Waals surface area (Å²) in [6, 6.07) is 5.35. The number of nitrogens with zero attached hydrogens (tertiary/aromatic N) is 1. The molecule has 1 aromatic rings. The number of rotatable bonds is 1. The standard InChI is InChI=1S/C12H14INO2S/c1-8-7-17-5-4-14(8)12(16)10-6-9(13)2-3-11(10)15/h2-3,6,8,15H,4-5,7H2,1H3. The summed E-state index contributed by atoms with van der Waals surface area (Å²) in [4.78, 5) is 14.2. The molecule has 0 aromatic heterocycles. The lowest BCUT2D eigenvalue weighted by atomic mass is 10.1. The molecule has 1 saturated heterocycles. The minimum atomic E-state index is -0.0613. The molecular weight excluding hydrogens is 349 g/mol. The SMILES string of the molecule is CC1CSCCN1C(=O)c1cc(I)ccc1O. The van der Waals surface area contributed by atoms with E-state index in [-0.39, 0.29) is 17.7 Å². The molecule has 0 spiro atoms. The van der Waals surface area contributed by atoms with Crippen molar-refractivity contribution in [2.75, 3.05) is 18.1 Å². The predicted molar refractivity (Wildman–Crippen MR) is 78.6 cm³/mol. The average molecular weight is 363 g/mol. The van der Waals surface area contributed by atoms with Crippen LogP contribution in [-0.4, -0.2) is 40.0 Å². The monoisotopic (exact) mass is 363 g/mol. The predicted octanol–water partition coefficient (Wildman–Crippen LogP) is 2.57. The van der Waals surface area contributed by atoms with Gasteiger partial charge in [-0.1, -0.05) is 0 Å². The zero-order chi connectivity index (χ0) is 12.4. The number of hydrogen-bond acceptors (Lipinski definition) is 3. The molecule has 5 heteroatoms. The first-order valence-corrected chi connectivity index (χ1v) is 7.70. The number of phenols is 1. The molecule has 0 aliphatic carbocycles. The molecule has 1 aliphatic rings. The van der Waals surface area contributed by atoms with Crippen molar-refractivity contribution < 1.29 is 9.90 Å². The van der Waals surface area contributed by atoms with Gasteiger partial charge < -0.3 is 10.0 Å². The van der Waals surface area contributed by atoms with Gasteiger partial charge in [-0.05, 0) is 47.7 Å². The molecule has 0 saturated carbocycles. The summed E-state index contributed by atoms with van der Waals surface area (Å²) in [5, 5.41) is 9.77. The number of hydrogen-bond donors (Lipinski definition) is 1. The number of halogens is 1. The molecule has 92 valence electrons. The molecular formula is C12H14INO2S. The van der Waals surface area contributed by atoms with E-state index in [0.29, 0.717) is 5.56 Å². The lowest BCUT2D eigenvalue weighted by Crippen LogP contribution is -2.44. The molecule has 1 heterocycles. The summed E-state index contributed by atoms with van der Waals surface area (Å²) in [5.41, 5.74) is 0.413. The highest BCUT2D eigenvalue weighted by atomic mass is 127. The molecule has 1 fully saturated rings. The van der Waals surface area contributed by atoms with E-state index in [1.165, 1.54) is 0 Å². The quantitative estimate of drug-likeness (QED) is 0.780. The number of amides is 1. The van der Waals surface area contributed by atoms with Gasteiger partial charge in [0.1, 0.15) is 5.75 Å². The van der Waals surface area contributed by atoms with E-state index in [1.807, 2.05) is 16.7 Å². The molecule has 17 heavy (non-hydrogen) atoms. The second-order valence-electron chi connectivity index (χ2n) is 4.08. The van der Waals surface area contributed by atoms with E-state index in [9.17, 15) is 9.90 Å². The number of aromatic hydroxyl groups is 1. The third-order valence-electron chi connectivity index (χ3n) is 2.82. The minimum absolute atomic E-state index is 0.0613. The highest BCUT2D eigenvalue weighted by Gasteiger charge is 2.26. The molecule has 1 amide bonds. The largest absolute Gasteiger partial charge is 0.507 e. The minimum Gasteiger partial charge on any atom is -0.507 e. The van der Waals surface area contributed by atoms with Gasteiger partial charge in [-0.15, -0.1) is 0 Å². The summed E-state index contributed by atoms with van der Waals surface area (Å²) in [5.74, 6) is 1.95. The maximum Gasteiger partial charge on any atom is 0.257 e. The van der Waals surface area contributed by atoms with E-state index >= 15 is 0 Å². The first kappa shape index (κ1) is 13.0. The van der Waals surface area contributed by atoms with Gasteiger partial charge in [-0.3, -0.25) is 4.79 Å². The van der Waals surface area contributed by atoms with Crippen molar-refractivity contribution in [1.82, 2.24) is 4.90 Å². The fourth-order valence-electron chi connectivity index (χ4n) is 1.86. The van der Waals surface area contributed by atoms with Crippen LogP contribution in [0.25, 0.3) is 0 Å². The fourth-order valence-corrected chi connectivity index (χ4v) is 3.37. The lowest BCUT2D eigenvalue weighted by molar-refractivity contribution is 0.0713. The Labute approximate surface area is 119 Å². The molecule has 0 radical (unpaired) electrons. The summed E-state index contributed by atoms with van der Waals surface area (Å²) < 4.78 is 0.961. The van der Waals surface area contributed by atoms with Gasteiger partial charge in [0.15, 0.2) is 0 Å². The Kier molecular flexibility index (Phi) is 4.19. The van der Waals surface area contributed by atoms with Crippen LogP contribution in [0.2, 0.25) is 0 Å². The van der Waals surface area contributed by atoms with E-state index in [4.69, 9.17) is 0 Å². The number of thioether (sulfide) groups is 1. The van der Waals surface area contributed by atoms with E-state index < -0.39 is 0 Å². The van der Waals surface area contributed by atoms with E-state index in [1.54, 1.807) is 18.2 Å². The van der Waals surface area contributed by atoms with Gasteiger partial charge in [0.2, 0.25) is 0 Å². The van der Waals surface area contributed by atoms with E-state index in [0.717, 1.165) is 21.6 Å². The Morgan fingerprint density at radius 3 is 3.06 bits per heavy atom. The van der Waals surface area contributed by atoms with Crippen LogP contribution in [0.3, 0.4) is 0 Å². The third-order valence-corrected chi connectivity index (χ3v) is 4.68. The maximum atomic E-state index is 12.3. The Morgan fingerprint density at radius 1 is 1.59 bits per heavy atom. The van der Waals surface area contributed by atoms with Gasteiger partial charge in [-0.2, -0.15) is 11.8 Å². The Balaban J connectivity index is 2.26. The molecule has 1 N–H and O–H groups in total. The van der Waals surface area contributed by atoms with Gasteiger partial charge in [0, 0.05) is 27.7 Å². The summed E-state index contributed by atoms with van der Waals surface area (Å²) in [6.45, 7) is 2.81. The van der Waals surface area contributed by atoms with Crippen molar-refractivity contribution in [3.05, 3.63) is 27.3 Å². The first-order valence-electron chi connectivity index (χ1n) is 5.47. The molecule has 1 aliphatic heterocycles. The number of carbonyl (C=O) groups excluding carboxylic acids is 1. The van der Waals surface area contributed by atoms with Gasteiger partial charge >= 0.3 is 0 Å². The van der Waals surface area contributed by atoms with Gasteiger partial charge in [0.05, 0.1) is 5.56 Å². The molecule has 3 nitrogen and oxygen atoms in total. The Morgan fingerprint density at radius 2 is 2.35 bits per heavy atom. The second kappa shape index (κ2) is 5.48. The van der Waals surface area contributed by atoms with Crippen LogP contribution >= 0.6 is 34.4 Å². The molecule has 1 atom stereocenters. The summed E-state index contributed by atoms with van der Waals surface area (Å²) in [7, 11) is 0. The molecule has 1 aromatic carbocycles. The van der Waals surface area contributed by atoms with Gasteiger partial charge in [0.25, 0.3) is 5.91 Å². The maximum absolute atomic E-state index is 12.3. The number of benzene rings is 1. The molecule has 0 bridgehead atoms. The summed E-state index contributed by atoms with van der Waals surface area (Å²) >= 11 is 4.01. The van der Waals surface area contributed by atoms with Crippen LogP contribution in [0, 0.1) is 3.57 Å². The highest BCUT2D eigenvalue weighted by molar-refractivity contribution is 14.1.